The number of aryl methyl sites for hydroxylation is 2. The minimum absolute atomic E-state index is 0.0394. The van der Waals surface area contributed by atoms with Gasteiger partial charge in [-0.25, -0.2) is 0 Å². The summed E-state index contributed by atoms with van der Waals surface area (Å²) in [5.74, 6) is 1.01. The number of H-pyrrole nitrogens is 1. The number of benzene rings is 3. The van der Waals surface area contributed by atoms with Crippen LogP contribution in [0.4, 0.5) is 0 Å². The molecule has 0 bridgehead atoms. The van der Waals surface area contributed by atoms with Crippen molar-refractivity contribution >= 4 is 17.5 Å². The van der Waals surface area contributed by atoms with Gasteiger partial charge in [-0.2, -0.15) is 5.10 Å². The smallest absolute Gasteiger partial charge is 0.273 e. The first-order chi connectivity index (χ1) is 18.8. The predicted octanol–water partition coefficient (Wildman–Crippen LogP) is 6.76. The van der Waals surface area contributed by atoms with Crippen LogP contribution in [0, 0.1) is 13.8 Å². The highest BCUT2D eigenvalue weighted by Crippen LogP contribution is 2.47. The zero-order valence-electron chi connectivity index (χ0n) is 22.1. The lowest BCUT2D eigenvalue weighted by Gasteiger charge is -2.27. The maximum absolute atomic E-state index is 13.8. The third-order valence-corrected chi connectivity index (χ3v) is 7.22. The summed E-state index contributed by atoms with van der Waals surface area (Å²) in [4.78, 5) is 15.6. The molecule has 8 heteroatoms. The Balaban J connectivity index is 1.67. The van der Waals surface area contributed by atoms with Gasteiger partial charge in [0.25, 0.3) is 5.91 Å². The average Bonchev–Trinajstić information content (AvgIpc) is 3.46. The number of nitrogens with zero attached hydrogens (tertiary/aromatic N) is 2. The number of aromatic hydroxyl groups is 1. The molecule has 1 amide bonds. The number of aromatic amines is 1. The van der Waals surface area contributed by atoms with Gasteiger partial charge in [-0.1, -0.05) is 60.2 Å². The predicted molar refractivity (Wildman–Crippen MR) is 152 cm³/mol. The normalized spacial score (nSPS) is 14.4. The summed E-state index contributed by atoms with van der Waals surface area (Å²) in [5, 5.41) is 18.8. The van der Waals surface area contributed by atoms with Gasteiger partial charge in [0.2, 0.25) is 0 Å². The van der Waals surface area contributed by atoms with Crippen LogP contribution < -0.4 is 9.47 Å². The molecule has 0 saturated heterocycles. The van der Waals surface area contributed by atoms with Crippen molar-refractivity contribution in [3.8, 4) is 28.5 Å². The molecule has 39 heavy (non-hydrogen) atoms. The van der Waals surface area contributed by atoms with E-state index >= 15 is 0 Å². The molecule has 1 aliphatic heterocycles. The molecule has 0 radical (unpaired) electrons. The molecule has 4 aromatic rings. The number of aromatic nitrogens is 2. The summed E-state index contributed by atoms with van der Waals surface area (Å²) in [6.45, 7) is 10.6. The van der Waals surface area contributed by atoms with Gasteiger partial charge in [-0.3, -0.25) is 9.89 Å². The van der Waals surface area contributed by atoms with Gasteiger partial charge >= 0.3 is 0 Å². The lowest BCUT2D eigenvalue weighted by atomic mass is 9.94. The summed E-state index contributed by atoms with van der Waals surface area (Å²) < 4.78 is 11.7. The minimum Gasteiger partial charge on any atom is -0.507 e. The van der Waals surface area contributed by atoms with Crippen molar-refractivity contribution in [3.05, 3.63) is 106 Å². The molecule has 0 saturated carbocycles. The molecule has 1 atom stereocenters. The number of halogens is 1. The number of phenols is 1. The van der Waals surface area contributed by atoms with Crippen LogP contribution in [0.2, 0.25) is 5.02 Å². The number of ether oxygens (including phenoxy) is 2. The van der Waals surface area contributed by atoms with E-state index < -0.39 is 6.04 Å². The maximum Gasteiger partial charge on any atom is 0.273 e. The number of nitrogens with one attached hydrogen (secondary N) is 1. The van der Waals surface area contributed by atoms with Crippen LogP contribution in [0.3, 0.4) is 0 Å². The Bertz CT molecular complexity index is 1540. The van der Waals surface area contributed by atoms with E-state index in [4.69, 9.17) is 21.1 Å². The van der Waals surface area contributed by atoms with Crippen molar-refractivity contribution in [1.82, 2.24) is 15.1 Å². The van der Waals surface area contributed by atoms with Gasteiger partial charge in [-0.15, -0.1) is 0 Å². The molecule has 200 valence electrons. The SMILES string of the molecule is C=CCOc1ccc(C2c3c(-c4cc(Cl)c(C)cc4O)n[nH]c3C(=O)N2Cc2ccc(C)cc2)cc1OCC. The molecule has 1 aliphatic rings. The van der Waals surface area contributed by atoms with Crippen molar-refractivity contribution in [2.24, 2.45) is 0 Å². The molecule has 1 unspecified atom stereocenters. The summed E-state index contributed by atoms with van der Waals surface area (Å²) in [6, 6.07) is 16.6. The molecule has 7 nitrogen and oxygen atoms in total. The number of phenolic OH excluding ortho intramolecular Hbond substituents is 1. The quantitative estimate of drug-likeness (QED) is 0.228. The first-order valence-electron chi connectivity index (χ1n) is 12.8. The van der Waals surface area contributed by atoms with Crippen molar-refractivity contribution in [2.45, 2.75) is 33.4 Å². The number of amides is 1. The summed E-state index contributed by atoms with van der Waals surface area (Å²) in [7, 11) is 0. The Hall–Kier alpha value is -4.23. The van der Waals surface area contributed by atoms with Crippen LogP contribution in [-0.4, -0.2) is 39.3 Å². The Morgan fingerprint density at radius 2 is 1.87 bits per heavy atom. The molecule has 5 rings (SSSR count). The van der Waals surface area contributed by atoms with Crippen molar-refractivity contribution < 1.29 is 19.4 Å². The maximum atomic E-state index is 13.8. The van der Waals surface area contributed by atoms with Gasteiger partial charge in [0.05, 0.1) is 12.6 Å². The molecular formula is C31H30ClN3O4. The van der Waals surface area contributed by atoms with Crippen LogP contribution in [0.15, 0.2) is 67.3 Å². The fourth-order valence-electron chi connectivity index (χ4n) is 4.89. The lowest BCUT2D eigenvalue weighted by Crippen LogP contribution is -2.29. The zero-order valence-corrected chi connectivity index (χ0v) is 22.9. The number of hydrogen-bond donors (Lipinski definition) is 2. The highest BCUT2D eigenvalue weighted by molar-refractivity contribution is 6.31. The van der Waals surface area contributed by atoms with Crippen LogP contribution in [0.1, 0.15) is 51.3 Å². The molecule has 0 aliphatic carbocycles. The van der Waals surface area contributed by atoms with E-state index in [-0.39, 0.29) is 11.7 Å². The van der Waals surface area contributed by atoms with Crippen molar-refractivity contribution in [1.29, 1.82) is 0 Å². The second kappa shape index (κ2) is 10.9. The van der Waals surface area contributed by atoms with E-state index in [9.17, 15) is 9.90 Å². The second-order valence-corrected chi connectivity index (χ2v) is 9.95. The van der Waals surface area contributed by atoms with Crippen LogP contribution in [0.5, 0.6) is 17.2 Å². The monoisotopic (exact) mass is 543 g/mol. The number of carbonyl (C=O) groups is 1. The highest BCUT2D eigenvalue weighted by atomic mass is 35.5. The van der Waals surface area contributed by atoms with E-state index in [1.807, 2.05) is 63.2 Å². The third kappa shape index (κ3) is 4.98. The first kappa shape index (κ1) is 26.4. The van der Waals surface area contributed by atoms with E-state index in [2.05, 4.69) is 16.8 Å². The van der Waals surface area contributed by atoms with E-state index in [0.717, 1.165) is 22.3 Å². The highest BCUT2D eigenvalue weighted by Gasteiger charge is 2.43. The van der Waals surface area contributed by atoms with E-state index in [0.29, 0.717) is 58.8 Å². The van der Waals surface area contributed by atoms with Gasteiger partial charge in [-0.05, 0) is 61.7 Å². The first-order valence-corrected chi connectivity index (χ1v) is 13.1. The standard InChI is InChI=1S/C31H30ClN3O4/c1-5-13-39-25-12-11-21(15-26(25)38-6-2)30-27-28(22-16-23(32)19(4)14-24(22)36)33-34-29(27)31(37)35(30)17-20-9-7-18(3)8-10-20/h5,7-12,14-16,30,36H,1,6,13,17H2,2-4H3,(H,33,34). The Labute approximate surface area is 232 Å². The fourth-order valence-corrected chi connectivity index (χ4v) is 5.05. The number of fused-ring (bicyclic) bond motifs is 1. The van der Waals surface area contributed by atoms with Crippen molar-refractivity contribution in [3.63, 3.8) is 0 Å². The third-order valence-electron chi connectivity index (χ3n) is 6.81. The topological polar surface area (TPSA) is 87.7 Å². The van der Waals surface area contributed by atoms with E-state index in [1.165, 1.54) is 0 Å². The van der Waals surface area contributed by atoms with Gasteiger partial charge in [0.15, 0.2) is 11.5 Å². The largest absolute Gasteiger partial charge is 0.507 e. The molecule has 3 aromatic carbocycles. The fraction of sp³-hybridized carbons (Fsp3) is 0.226. The Morgan fingerprint density at radius 3 is 2.59 bits per heavy atom. The summed E-state index contributed by atoms with van der Waals surface area (Å²) in [6.07, 6.45) is 1.67. The number of hydrogen-bond acceptors (Lipinski definition) is 5. The van der Waals surface area contributed by atoms with Crippen molar-refractivity contribution in [2.75, 3.05) is 13.2 Å². The average molecular weight is 544 g/mol. The molecule has 2 heterocycles. The summed E-state index contributed by atoms with van der Waals surface area (Å²) in [5.41, 5.74) is 5.68. The van der Waals surface area contributed by atoms with Gasteiger partial charge in [0, 0.05) is 22.7 Å². The molecule has 0 fully saturated rings. The lowest BCUT2D eigenvalue weighted by molar-refractivity contribution is 0.0729. The molecular weight excluding hydrogens is 514 g/mol. The molecule has 1 aromatic heterocycles. The molecule has 2 N–H and O–H groups in total. The second-order valence-electron chi connectivity index (χ2n) is 9.54. The van der Waals surface area contributed by atoms with Gasteiger partial charge < -0.3 is 19.5 Å². The Kier molecular flexibility index (Phi) is 7.35. The summed E-state index contributed by atoms with van der Waals surface area (Å²) >= 11 is 6.44. The molecule has 0 spiro atoms. The van der Waals surface area contributed by atoms with Gasteiger partial charge in [0.1, 0.15) is 23.7 Å². The number of carbonyl (C=O) groups excluding carboxylic acids is 1. The van der Waals surface area contributed by atoms with Crippen LogP contribution in [0.25, 0.3) is 11.3 Å². The van der Waals surface area contributed by atoms with E-state index in [1.54, 1.807) is 23.1 Å². The number of rotatable bonds is 9. The minimum atomic E-state index is -0.505. The van der Waals surface area contributed by atoms with Crippen LogP contribution >= 0.6 is 11.6 Å². The zero-order chi connectivity index (χ0) is 27.7. The van der Waals surface area contributed by atoms with Crippen LogP contribution in [-0.2, 0) is 6.54 Å². The Morgan fingerprint density at radius 1 is 1.10 bits per heavy atom.